The minimum atomic E-state index is -4.28. The van der Waals surface area contributed by atoms with Crippen LogP contribution in [0.5, 0.6) is 5.75 Å². The molecule has 0 aromatic heterocycles. The van der Waals surface area contributed by atoms with Crippen molar-refractivity contribution in [1.29, 1.82) is 0 Å². The normalized spacial score (nSPS) is 13.7. The van der Waals surface area contributed by atoms with Gasteiger partial charge in [0.25, 0.3) is 0 Å². The van der Waals surface area contributed by atoms with E-state index in [0.29, 0.717) is 11.3 Å². The van der Waals surface area contributed by atoms with Gasteiger partial charge >= 0.3 is 6.18 Å². The van der Waals surface area contributed by atoms with Crippen molar-refractivity contribution in [2.24, 2.45) is 0 Å². The molecule has 3 nitrogen and oxygen atoms in total. The Morgan fingerprint density at radius 1 is 1.28 bits per heavy atom. The quantitative estimate of drug-likeness (QED) is 0.884. The number of aliphatic hydroxyl groups excluding tert-OH is 1. The lowest BCUT2D eigenvalue weighted by Gasteiger charge is -2.27. The lowest BCUT2D eigenvalue weighted by atomic mass is 10.1. The summed E-state index contributed by atoms with van der Waals surface area (Å²) in [4.78, 5) is 1.07. The number of methoxy groups -OCH3 is 1. The fraction of sp³-hybridized carbons (Fsp3) is 0.500. The Morgan fingerprint density at radius 2 is 1.83 bits per heavy atom. The van der Waals surface area contributed by atoms with Gasteiger partial charge in [-0.3, -0.25) is 4.90 Å². The van der Waals surface area contributed by atoms with Crippen molar-refractivity contribution in [3.63, 3.8) is 0 Å². The lowest BCUT2D eigenvalue weighted by Crippen LogP contribution is -2.35. The van der Waals surface area contributed by atoms with Crippen molar-refractivity contribution in [1.82, 2.24) is 4.90 Å². The van der Waals surface area contributed by atoms with Gasteiger partial charge in [-0.25, -0.2) is 0 Å². The van der Waals surface area contributed by atoms with E-state index in [-0.39, 0.29) is 6.61 Å². The molecule has 0 aliphatic heterocycles. The molecule has 0 radical (unpaired) electrons. The summed E-state index contributed by atoms with van der Waals surface area (Å²) in [5.74, 6) is 0.619. The van der Waals surface area contributed by atoms with Gasteiger partial charge < -0.3 is 9.84 Å². The van der Waals surface area contributed by atoms with Crippen LogP contribution in [0, 0.1) is 0 Å². The van der Waals surface area contributed by atoms with Gasteiger partial charge in [-0.05, 0) is 24.7 Å². The van der Waals surface area contributed by atoms with Crippen LogP contribution in [0.15, 0.2) is 24.3 Å². The van der Waals surface area contributed by atoms with Crippen molar-refractivity contribution < 1.29 is 23.0 Å². The van der Waals surface area contributed by atoms with Crippen LogP contribution in [0.3, 0.4) is 0 Å². The molecule has 0 amide bonds. The van der Waals surface area contributed by atoms with Crippen LogP contribution in [0.2, 0.25) is 0 Å². The summed E-state index contributed by atoms with van der Waals surface area (Å²) in [5.41, 5.74) is 0.616. The highest BCUT2D eigenvalue weighted by Crippen LogP contribution is 2.25. The molecule has 102 valence electrons. The third-order valence-electron chi connectivity index (χ3n) is 2.63. The Hall–Kier alpha value is -1.27. The largest absolute Gasteiger partial charge is 0.497 e. The first-order valence-corrected chi connectivity index (χ1v) is 5.39. The summed E-state index contributed by atoms with van der Waals surface area (Å²) < 4.78 is 41.8. The highest BCUT2D eigenvalue weighted by Gasteiger charge is 2.32. The van der Waals surface area contributed by atoms with E-state index in [1.165, 1.54) is 14.2 Å². The second-order valence-electron chi connectivity index (χ2n) is 4.00. The topological polar surface area (TPSA) is 32.7 Å². The van der Waals surface area contributed by atoms with Crippen LogP contribution >= 0.6 is 0 Å². The zero-order valence-electron chi connectivity index (χ0n) is 10.2. The molecule has 0 unspecified atom stereocenters. The molecule has 1 aromatic carbocycles. The molecule has 0 saturated heterocycles. The summed E-state index contributed by atoms with van der Waals surface area (Å²) in [6, 6.07) is 5.91. The van der Waals surface area contributed by atoms with Gasteiger partial charge in [-0.15, -0.1) is 0 Å². The average molecular weight is 263 g/mol. The smallest absolute Gasteiger partial charge is 0.401 e. The Morgan fingerprint density at radius 3 is 2.22 bits per heavy atom. The number of benzene rings is 1. The second kappa shape index (κ2) is 6.06. The molecule has 0 bridgehead atoms. The summed E-state index contributed by atoms with van der Waals surface area (Å²) in [5, 5.41) is 9.23. The number of aliphatic hydroxyl groups is 1. The van der Waals surface area contributed by atoms with E-state index in [9.17, 15) is 18.3 Å². The van der Waals surface area contributed by atoms with Gasteiger partial charge in [0, 0.05) is 0 Å². The highest BCUT2D eigenvalue weighted by molar-refractivity contribution is 5.29. The second-order valence-corrected chi connectivity index (χ2v) is 4.00. The zero-order valence-corrected chi connectivity index (χ0v) is 10.2. The van der Waals surface area contributed by atoms with E-state index >= 15 is 0 Å². The monoisotopic (exact) mass is 263 g/mol. The van der Waals surface area contributed by atoms with Crippen molar-refractivity contribution in [2.75, 3.05) is 27.3 Å². The summed E-state index contributed by atoms with van der Waals surface area (Å²) in [6.45, 7) is -1.44. The SMILES string of the molecule is COc1ccc([C@@H](CO)N(C)CC(F)(F)F)cc1. The van der Waals surface area contributed by atoms with Crippen LogP contribution in [0.4, 0.5) is 13.2 Å². The maximum absolute atomic E-state index is 12.3. The van der Waals surface area contributed by atoms with E-state index in [1.54, 1.807) is 24.3 Å². The maximum Gasteiger partial charge on any atom is 0.401 e. The Labute approximate surface area is 104 Å². The molecular formula is C12H16F3NO2. The first-order valence-electron chi connectivity index (χ1n) is 5.39. The van der Waals surface area contributed by atoms with Crippen LogP contribution in [-0.4, -0.2) is 43.5 Å². The fourth-order valence-electron chi connectivity index (χ4n) is 1.72. The fourth-order valence-corrected chi connectivity index (χ4v) is 1.72. The molecular weight excluding hydrogens is 247 g/mol. The van der Waals surface area contributed by atoms with Crippen molar-refractivity contribution in [3.05, 3.63) is 29.8 Å². The number of rotatable bonds is 5. The van der Waals surface area contributed by atoms with Crippen molar-refractivity contribution >= 4 is 0 Å². The van der Waals surface area contributed by atoms with Crippen LogP contribution in [0.1, 0.15) is 11.6 Å². The minimum absolute atomic E-state index is 0.376. The van der Waals surface area contributed by atoms with Gasteiger partial charge in [0.05, 0.1) is 26.3 Å². The number of halogens is 3. The molecule has 1 aromatic rings. The highest BCUT2D eigenvalue weighted by atomic mass is 19.4. The van der Waals surface area contributed by atoms with E-state index in [2.05, 4.69) is 0 Å². The Bertz CT molecular complexity index is 365. The molecule has 0 spiro atoms. The first-order chi connectivity index (χ1) is 8.37. The maximum atomic E-state index is 12.3. The molecule has 0 saturated carbocycles. The van der Waals surface area contributed by atoms with E-state index in [4.69, 9.17) is 4.74 Å². The summed E-state index contributed by atoms with van der Waals surface area (Å²) in [6.07, 6.45) is -4.28. The lowest BCUT2D eigenvalue weighted by molar-refractivity contribution is -0.149. The van der Waals surface area contributed by atoms with Gasteiger partial charge in [-0.1, -0.05) is 12.1 Å². The minimum Gasteiger partial charge on any atom is -0.497 e. The predicted molar refractivity (Wildman–Crippen MR) is 61.5 cm³/mol. The Kier molecular flexibility index (Phi) is 4.98. The molecule has 0 heterocycles. The molecule has 18 heavy (non-hydrogen) atoms. The Balaban J connectivity index is 2.81. The summed E-state index contributed by atoms with van der Waals surface area (Å²) >= 11 is 0. The van der Waals surface area contributed by atoms with Crippen molar-refractivity contribution in [2.45, 2.75) is 12.2 Å². The molecule has 6 heteroatoms. The summed E-state index contributed by atoms with van der Waals surface area (Å²) in [7, 11) is 2.84. The van der Waals surface area contributed by atoms with E-state index in [0.717, 1.165) is 4.90 Å². The molecule has 0 fully saturated rings. The molecule has 1 N–H and O–H groups in total. The number of nitrogens with zero attached hydrogens (tertiary/aromatic N) is 1. The van der Waals surface area contributed by atoms with Gasteiger partial charge in [0.1, 0.15) is 5.75 Å². The molecule has 1 atom stereocenters. The third-order valence-corrected chi connectivity index (χ3v) is 2.63. The first kappa shape index (κ1) is 14.8. The van der Waals surface area contributed by atoms with Crippen LogP contribution in [0.25, 0.3) is 0 Å². The van der Waals surface area contributed by atoms with Gasteiger partial charge in [0.15, 0.2) is 0 Å². The predicted octanol–water partition coefficient (Wildman–Crippen LogP) is 2.22. The number of likely N-dealkylation sites (N-methyl/N-ethyl adjacent to an activating group) is 1. The molecule has 1 rings (SSSR count). The molecule has 0 aliphatic carbocycles. The molecule has 0 aliphatic rings. The van der Waals surface area contributed by atoms with E-state index in [1.807, 2.05) is 0 Å². The number of ether oxygens (including phenoxy) is 1. The van der Waals surface area contributed by atoms with Crippen LogP contribution < -0.4 is 4.74 Å². The van der Waals surface area contributed by atoms with Crippen LogP contribution in [-0.2, 0) is 0 Å². The zero-order chi connectivity index (χ0) is 13.8. The number of hydrogen-bond acceptors (Lipinski definition) is 3. The van der Waals surface area contributed by atoms with E-state index < -0.39 is 18.8 Å². The van der Waals surface area contributed by atoms with Crippen molar-refractivity contribution in [3.8, 4) is 5.75 Å². The van der Waals surface area contributed by atoms with Gasteiger partial charge in [-0.2, -0.15) is 13.2 Å². The van der Waals surface area contributed by atoms with Gasteiger partial charge in [0.2, 0.25) is 0 Å². The number of alkyl halides is 3. The number of hydrogen-bond donors (Lipinski definition) is 1. The third kappa shape index (κ3) is 4.19. The average Bonchev–Trinajstić information content (AvgIpc) is 2.28. The standard InChI is InChI=1S/C12H16F3NO2/c1-16(8-12(13,14)15)11(7-17)9-3-5-10(18-2)6-4-9/h3-6,11,17H,7-8H2,1-2H3/t11-/m1/s1.